The van der Waals surface area contributed by atoms with Gasteiger partial charge < -0.3 is 15.0 Å². The number of ketones is 1. The van der Waals surface area contributed by atoms with Crippen LogP contribution in [-0.2, 0) is 9.53 Å². The van der Waals surface area contributed by atoms with Crippen LogP contribution in [0.2, 0.25) is 0 Å². The normalized spacial score (nSPS) is 13.0. The molecule has 3 rings (SSSR count). The van der Waals surface area contributed by atoms with Crippen LogP contribution in [0.3, 0.4) is 0 Å². The highest BCUT2D eigenvalue weighted by Crippen LogP contribution is 2.31. The number of hydrogen-bond donors (Lipinski definition) is 1. The van der Waals surface area contributed by atoms with Crippen molar-refractivity contribution in [3.05, 3.63) is 63.7 Å². The minimum atomic E-state index is -0.826. The summed E-state index contributed by atoms with van der Waals surface area (Å²) in [5.41, 5.74) is 1.27. The first-order chi connectivity index (χ1) is 14.3. The van der Waals surface area contributed by atoms with Gasteiger partial charge in [-0.25, -0.2) is 4.79 Å². The zero-order valence-corrected chi connectivity index (χ0v) is 16.4. The van der Waals surface area contributed by atoms with Crippen LogP contribution in [0.5, 0.6) is 0 Å². The van der Waals surface area contributed by atoms with Gasteiger partial charge in [0.25, 0.3) is 11.6 Å². The maximum absolute atomic E-state index is 12.3. The molecule has 0 bridgehead atoms. The molecule has 9 nitrogen and oxygen atoms in total. The lowest BCUT2D eigenvalue weighted by atomic mass is 10.1. The molecule has 1 aliphatic heterocycles. The Labute approximate surface area is 172 Å². The van der Waals surface area contributed by atoms with Gasteiger partial charge in [-0.1, -0.05) is 0 Å². The van der Waals surface area contributed by atoms with Gasteiger partial charge in [-0.05, 0) is 56.2 Å². The van der Waals surface area contributed by atoms with E-state index in [-0.39, 0.29) is 17.0 Å². The molecule has 0 unspecified atom stereocenters. The molecule has 1 saturated heterocycles. The number of ether oxygens (including phenoxy) is 1. The summed E-state index contributed by atoms with van der Waals surface area (Å²) in [6.07, 6.45) is 1.93. The summed E-state index contributed by atoms with van der Waals surface area (Å²) in [7, 11) is 0. The van der Waals surface area contributed by atoms with Crippen molar-refractivity contribution < 1.29 is 24.0 Å². The van der Waals surface area contributed by atoms with E-state index in [9.17, 15) is 24.5 Å². The first-order valence-electron chi connectivity index (χ1n) is 9.46. The third kappa shape index (κ3) is 4.99. The number of carbonyl (C=O) groups excluding carboxylic acids is 3. The molecule has 0 atom stereocenters. The summed E-state index contributed by atoms with van der Waals surface area (Å²) in [5, 5.41) is 14.0. The van der Waals surface area contributed by atoms with Gasteiger partial charge in [0, 0.05) is 30.4 Å². The highest BCUT2D eigenvalue weighted by Gasteiger charge is 2.24. The molecule has 1 amide bonds. The maximum atomic E-state index is 12.3. The second-order valence-electron chi connectivity index (χ2n) is 6.91. The van der Waals surface area contributed by atoms with Gasteiger partial charge in [-0.2, -0.15) is 0 Å². The highest BCUT2D eigenvalue weighted by atomic mass is 16.6. The number of benzene rings is 2. The Bertz CT molecular complexity index is 981. The fourth-order valence-corrected chi connectivity index (χ4v) is 3.22. The molecular weight excluding hydrogens is 390 g/mol. The third-order valence-corrected chi connectivity index (χ3v) is 4.76. The first kappa shape index (κ1) is 21.0. The fourth-order valence-electron chi connectivity index (χ4n) is 3.22. The molecule has 0 radical (unpaired) electrons. The Morgan fingerprint density at radius 2 is 1.70 bits per heavy atom. The van der Waals surface area contributed by atoms with Gasteiger partial charge in [0.1, 0.15) is 5.69 Å². The van der Waals surface area contributed by atoms with Crippen LogP contribution in [-0.4, -0.2) is 42.3 Å². The summed E-state index contributed by atoms with van der Waals surface area (Å²) in [4.78, 5) is 48.3. The summed E-state index contributed by atoms with van der Waals surface area (Å²) in [5.74, 6) is -1.48. The van der Waals surface area contributed by atoms with E-state index in [1.807, 2.05) is 4.90 Å². The fraction of sp³-hybridized carbons (Fsp3) is 0.286. The summed E-state index contributed by atoms with van der Waals surface area (Å²) in [6.45, 7) is 2.36. The number of anilines is 2. The predicted octanol–water partition coefficient (Wildman–Crippen LogP) is 3.19. The van der Waals surface area contributed by atoms with Gasteiger partial charge in [0.2, 0.25) is 0 Å². The standard InChI is InChI=1S/C21H21N3O6/c1-14(25)15-4-7-17(8-5-15)22-20(26)13-30-21(27)16-6-9-18(19(12-16)24(28)29)23-10-2-3-11-23/h4-9,12H,2-3,10-11,13H2,1H3,(H,22,26). The van der Waals surface area contributed by atoms with Crippen molar-refractivity contribution in [3.8, 4) is 0 Å². The molecule has 30 heavy (non-hydrogen) atoms. The first-order valence-corrected chi connectivity index (χ1v) is 9.46. The van der Waals surface area contributed by atoms with Gasteiger partial charge >= 0.3 is 5.97 Å². The molecule has 2 aromatic carbocycles. The summed E-state index contributed by atoms with van der Waals surface area (Å²) < 4.78 is 4.98. The van der Waals surface area contributed by atoms with Crippen molar-refractivity contribution >= 4 is 34.7 Å². The lowest BCUT2D eigenvalue weighted by molar-refractivity contribution is -0.384. The number of rotatable bonds is 7. The zero-order chi connectivity index (χ0) is 21.7. The quantitative estimate of drug-likeness (QED) is 0.322. The molecule has 1 aliphatic rings. The maximum Gasteiger partial charge on any atom is 0.338 e. The molecule has 2 aromatic rings. The van der Waals surface area contributed by atoms with Crippen LogP contribution >= 0.6 is 0 Å². The smallest absolute Gasteiger partial charge is 0.338 e. The van der Waals surface area contributed by atoms with Gasteiger partial charge in [-0.3, -0.25) is 19.7 Å². The molecule has 0 aromatic heterocycles. The number of amides is 1. The van der Waals surface area contributed by atoms with E-state index in [1.165, 1.54) is 25.1 Å². The van der Waals surface area contributed by atoms with E-state index >= 15 is 0 Å². The molecule has 1 heterocycles. The van der Waals surface area contributed by atoms with Crippen molar-refractivity contribution in [2.45, 2.75) is 19.8 Å². The van der Waals surface area contributed by atoms with Crippen molar-refractivity contribution in [1.29, 1.82) is 0 Å². The number of hydrogen-bond acceptors (Lipinski definition) is 7. The minimum Gasteiger partial charge on any atom is -0.452 e. The second kappa shape index (κ2) is 9.17. The van der Waals surface area contributed by atoms with Crippen LogP contribution in [0.4, 0.5) is 17.1 Å². The largest absolute Gasteiger partial charge is 0.452 e. The van der Waals surface area contributed by atoms with E-state index < -0.39 is 23.4 Å². The molecule has 0 spiro atoms. The Morgan fingerprint density at radius 1 is 1.07 bits per heavy atom. The molecule has 9 heteroatoms. The van der Waals surface area contributed by atoms with E-state index in [2.05, 4.69) is 5.32 Å². The van der Waals surface area contributed by atoms with Crippen molar-refractivity contribution in [2.75, 3.05) is 29.9 Å². The molecule has 1 N–H and O–H groups in total. The average Bonchev–Trinajstić information content (AvgIpc) is 3.26. The van der Waals surface area contributed by atoms with E-state index in [1.54, 1.807) is 24.3 Å². The van der Waals surface area contributed by atoms with Crippen molar-refractivity contribution in [1.82, 2.24) is 0 Å². The van der Waals surface area contributed by atoms with Crippen LogP contribution in [0, 0.1) is 10.1 Å². The van der Waals surface area contributed by atoms with E-state index in [0.717, 1.165) is 25.9 Å². The summed E-state index contributed by atoms with van der Waals surface area (Å²) >= 11 is 0. The number of nitro groups is 1. The number of Topliss-reactive ketones (excluding diaryl/α,β-unsaturated/α-hetero) is 1. The lowest BCUT2D eigenvalue weighted by Gasteiger charge is -2.17. The van der Waals surface area contributed by atoms with Crippen LogP contribution in [0.1, 0.15) is 40.5 Å². The SMILES string of the molecule is CC(=O)c1ccc(NC(=O)COC(=O)c2ccc(N3CCCC3)c([N+](=O)[O-])c2)cc1. The molecular formula is C21H21N3O6. The molecule has 1 fully saturated rings. The lowest BCUT2D eigenvalue weighted by Crippen LogP contribution is -2.21. The Kier molecular flexibility index (Phi) is 6.41. The average molecular weight is 411 g/mol. The second-order valence-corrected chi connectivity index (χ2v) is 6.91. The number of esters is 1. The van der Waals surface area contributed by atoms with Crippen LogP contribution in [0.25, 0.3) is 0 Å². The van der Waals surface area contributed by atoms with Crippen LogP contribution in [0.15, 0.2) is 42.5 Å². The van der Waals surface area contributed by atoms with E-state index in [0.29, 0.717) is 16.9 Å². The van der Waals surface area contributed by atoms with Crippen molar-refractivity contribution in [3.63, 3.8) is 0 Å². The number of nitrogens with one attached hydrogen (secondary N) is 1. The zero-order valence-electron chi connectivity index (χ0n) is 16.4. The summed E-state index contributed by atoms with van der Waals surface area (Å²) in [6, 6.07) is 10.5. The van der Waals surface area contributed by atoms with Crippen molar-refractivity contribution in [2.24, 2.45) is 0 Å². The minimum absolute atomic E-state index is 0.00302. The number of nitro benzene ring substituents is 1. The highest BCUT2D eigenvalue weighted by molar-refractivity contribution is 5.97. The van der Waals surface area contributed by atoms with Gasteiger partial charge in [0.05, 0.1) is 10.5 Å². The topological polar surface area (TPSA) is 119 Å². The molecule has 0 aliphatic carbocycles. The Balaban J connectivity index is 1.61. The number of carbonyl (C=O) groups is 3. The molecule has 156 valence electrons. The Morgan fingerprint density at radius 3 is 2.30 bits per heavy atom. The monoisotopic (exact) mass is 411 g/mol. The Hall–Kier alpha value is -3.75. The van der Waals surface area contributed by atoms with Crippen LogP contribution < -0.4 is 10.2 Å². The third-order valence-electron chi connectivity index (χ3n) is 4.76. The van der Waals surface area contributed by atoms with Gasteiger partial charge in [-0.15, -0.1) is 0 Å². The number of nitrogens with zero attached hydrogens (tertiary/aromatic N) is 2. The van der Waals surface area contributed by atoms with Gasteiger partial charge in [0.15, 0.2) is 12.4 Å². The van der Waals surface area contributed by atoms with E-state index in [4.69, 9.17) is 4.74 Å². The molecule has 0 saturated carbocycles. The predicted molar refractivity (Wildman–Crippen MR) is 110 cm³/mol.